The van der Waals surface area contributed by atoms with Crippen molar-refractivity contribution in [3.05, 3.63) is 84.2 Å². The highest BCUT2D eigenvalue weighted by atomic mass is 16.2. The number of hydrogen-bond donors (Lipinski definition) is 1. The molecule has 1 aliphatic heterocycles. The van der Waals surface area contributed by atoms with Gasteiger partial charge in [0.15, 0.2) is 0 Å². The lowest BCUT2D eigenvalue weighted by atomic mass is 9.76. The molecular weight excluding hydrogens is 336 g/mol. The Balaban J connectivity index is 1.40. The van der Waals surface area contributed by atoms with E-state index < -0.39 is 0 Å². The quantitative estimate of drug-likeness (QED) is 0.751. The second-order valence-corrected chi connectivity index (χ2v) is 7.41. The summed E-state index contributed by atoms with van der Waals surface area (Å²) in [5.41, 5.74) is 2.95. The predicted molar refractivity (Wildman–Crippen MR) is 106 cm³/mol. The molecule has 3 aromatic rings. The summed E-state index contributed by atoms with van der Waals surface area (Å²) >= 11 is 0. The van der Waals surface area contributed by atoms with Gasteiger partial charge in [0.2, 0.25) is 5.95 Å². The fraction of sp³-hybridized carbons (Fsp3) is 0.227. The van der Waals surface area contributed by atoms with Gasteiger partial charge in [0.25, 0.3) is 5.91 Å². The molecule has 0 bridgehead atoms. The molecule has 0 atom stereocenters. The normalized spacial score (nSPS) is 15.1. The summed E-state index contributed by atoms with van der Waals surface area (Å²) < 4.78 is 0. The number of benzene rings is 2. The van der Waals surface area contributed by atoms with Crippen LogP contribution in [0.4, 0.5) is 11.6 Å². The van der Waals surface area contributed by atoms with Crippen LogP contribution in [0.25, 0.3) is 0 Å². The average molecular weight is 358 g/mol. The summed E-state index contributed by atoms with van der Waals surface area (Å²) in [7, 11) is 0. The monoisotopic (exact) mass is 358 g/mol. The van der Waals surface area contributed by atoms with Crippen molar-refractivity contribution in [2.75, 3.05) is 18.4 Å². The maximum Gasteiger partial charge on any atom is 0.253 e. The maximum absolute atomic E-state index is 12.8. The SMILES string of the molecule is CC1(Cc2ccccc2)CN(C(=O)c2cccc(Nc3ncccn3)c2)C1. The summed E-state index contributed by atoms with van der Waals surface area (Å²) in [6.07, 6.45) is 4.35. The van der Waals surface area contributed by atoms with Crippen LogP contribution in [0.2, 0.25) is 0 Å². The Kier molecular flexibility index (Phi) is 4.59. The van der Waals surface area contributed by atoms with E-state index in [0.29, 0.717) is 11.5 Å². The van der Waals surface area contributed by atoms with Crippen molar-refractivity contribution in [2.45, 2.75) is 13.3 Å². The molecule has 2 aromatic carbocycles. The van der Waals surface area contributed by atoms with Crippen LogP contribution in [0.3, 0.4) is 0 Å². The molecule has 1 saturated heterocycles. The number of likely N-dealkylation sites (tertiary alicyclic amines) is 1. The first-order chi connectivity index (χ1) is 13.1. The molecule has 5 heteroatoms. The van der Waals surface area contributed by atoms with Crippen LogP contribution >= 0.6 is 0 Å². The number of anilines is 2. The summed E-state index contributed by atoms with van der Waals surface area (Å²) in [5.74, 6) is 0.583. The number of aromatic nitrogens is 2. The molecule has 27 heavy (non-hydrogen) atoms. The molecule has 0 radical (unpaired) electrons. The standard InChI is InChI=1S/C22H22N4O/c1-22(14-17-7-3-2-4-8-17)15-26(16-22)20(27)18-9-5-10-19(13-18)25-21-23-11-6-12-24-21/h2-13H,14-16H2,1H3,(H,23,24,25). The third kappa shape index (κ3) is 3.97. The summed E-state index contributed by atoms with van der Waals surface area (Å²) in [4.78, 5) is 23.1. The van der Waals surface area contributed by atoms with Crippen molar-refractivity contribution < 1.29 is 4.79 Å². The second-order valence-electron chi connectivity index (χ2n) is 7.41. The second kappa shape index (κ2) is 7.19. The van der Waals surface area contributed by atoms with Gasteiger partial charge in [-0.2, -0.15) is 0 Å². The van der Waals surface area contributed by atoms with Gasteiger partial charge in [0.05, 0.1) is 0 Å². The van der Waals surface area contributed by atoms with E-state index in [1.165, 1.54) is 5.56 Å². The molecule has 1 aliphatic rings. The number of hydrogen-bond acceptors (Lipinski definition) is 4. The van der Waals surface area contributed by atoms with Crippen molar-refractivity contribution >= 4 is 17.5 Å². The third-order valence-corrected chi connectivity index (χ3v) is 4.84. The van der Waals surface area contributed by atoms with Gasteiger partial charge in [-0.15, -0.1) is 0 Å². The average Bonchev–Trinajstić information content (AvgIpc) is 2.67. The van der Waals surface area contributed by atoms with E-state index in [1.54, 1.807) is 18.5 Å². The van der Waals surface area contributed by atoms with E-state index in [0.717, 1.165) is 25.2 Å². The molecule has 4 rings (SSSR count). The van der Waals surface area contributed by atoms with Gasteiger partial charge in [-0.3, -0.25) is 4.79 Å². The molecule has 1 amide bonds. The zero-order valence-electron chi connectivity index (χ0n) is 15.3. The first kappa shape index (κ1) is 17.2. The molecule has 0 spiro atoms. The minimum absolute atomic E-state index is 0.0677. The van der Waals surface area contributed by atoms with Crippen molar-refractivity contribution in [1.29, 1.82) is 0 Å². The lowest BCUT2D eigenvalue weighted by Crippen LogP contribution is -2.57. The molecule has 1 aromatic heterocycles. The molecule has 0 unspecified atom stereocenters. The highest BCUT2D eigenvalue weighted by Gasteiger charge is 2.41. The fourth-order valence-electron chi connectivity index (χ4n) is 3.62. The van der Waals surface area contributed by atoms with Crippen LogP contribution in [0.15, 0.2) is 73.1 Å². The van der Waals surface area contributed by atoms with Crippen LogP contribution in [0.1, 0.15) is 22.8 Å². The van der Waals surface area contributed by atoms with E-state index in [1.807, 2.05) is 35.2 Å². The first-order valence-electron chi connectivity index (χ1n) is 9.09. The third-order valence-electron chi connectivity index (χ3n) is 4.84. The topological polar surface area (TPSA) is 58.1 Å². The minimum atomic E-state index is 0.0677. The number of carbonyl (C=O) groups is 1. The fourth-order valence-corrected chi connectivity index (χ4v) is 3.62. The molecule has 5 nitrogen and oxygen atoms in total. The number of nitrogens with one attached hydrogen (secondary N) is 1. The lowest BCUT2D eigenvalue weighted by molar-refractivity contribution is 0.0153. The maximum atomic E-state index is 12.8. The lowest BCUT2D eigenvalue weighted by Gasteiger charge is -2.48. The molecule has 1 N–H and O–H groups in total. The van der Waals surface area contributed by atoms with Crippen LogP contribution in [0.5, 0.6) is 0 Å². The Morgan fingerprint density at radius 2 is 1.78 bits per heavy atom. The van der Waals surface area contributed by atoms with Crippen LogP contribution in [-0.4, -0.2) is 33.9 Å². The summed E-state index contributed by atoms with van der Waals surface area (Å²) in [6, 6.07) is 19.7. The number of carbonyl (C=O) groups excluding carboxylic acids is 1. The largest absolute Gasteiger partial charge is 0.337 e. The molecule has 0 aliphatic carbocycles. The molecule has 2 heterocycles. The Labute approximate surface area is 159 Å². The number of nitrogens with zero attached hydrogens (tertiary/aromatic N) is 3. The zero-order chi connectivity index (χ0) is 18.7. The molecule has 0 saturated carbocycles. The smallest absolute Gasteiger partial charge is 0.253 e. The molecule has 136 valence electrons. The van der Waals surface area contributed by atoms with Crippen molar-refractivity contribution in [2.24, 2.45) is 5.41 Å². The van der Waals surface area contributed by atoms with Gasteiger partial charge in [-0.05, 0) is 36.2 Å². The van der Waals surface area contributed by atoms with Gasteiger partial charge in [-0.1, -0.05) is 43.3 Å². The first-order valence-corrected chi connectivity index (χ1v) is 9.09. The van der Waals surface area contributed by atoms with Crippen molar-refractivity contribution in [3.63, 3.8) is 0 Å². The van der Waals surface area contributed by atoms with E-state index in [2.05, 4.69) is 46.5 Å². The Morgan fingerprint density at radius 3 is 2.52 bits per heavy atom. The summed E-state index contributed by atoms with van der Waals surface area (Å²) in [5, 5.41) is 3.13. The molecule has 1 fully saturated rings. The number of rotatable bonds is 5. The van der Waals surface area contributed by atoms with Crippen LogP contribution in [0, 0.1) is 5.41 Å². The van der Waals surface area contributed by atoms with E-state index in [-0.39, 0.29) is 11.3 Å². The zero-order valence-corrected chi connectivity index (χ0v) is 15.3. The highest BCUT2D eigenvalue weighted by molar-refractivity contribution is 5.95. The van der Waals surface area contributed by atoms with E-state index >= 15 is 0 Å². The highest BCUT2D eigenvalue weighted by Crippen LogP contribution is 2.34. The Hall–Kier alpha value is -3.21. The van der Waals surface area contributed by atoms with Crippen LogP contribution < -0.4 is 5.32 Å². The van der Waals surface area contributed by atoms with E-state index in [4.69, 9.17) is 0 Å². The summed E-state index contributed by atoms with van der Waals surface area (Å²) in [6.45, 7) is 3.80. The van der Waals surface area contributed by atoms with Crippen molar-refractivity contribution in [1.82, 2.24) is 14.9 Å². The van der Waals surface area contributed by atoms with Crippen molar-refractivity contribution in [3.8, 4) is 0 Å². The van der Waals surface area contributed by atoms with Gasteiger partial charge >= 0.3 is 0 Å². The Bertz CT molecular complexity index is 921. The van der Waals surface area contributed by atoms with Crippen LogP contribution in [-0.2, 0) is 6.42 Å². The van der Waals surface area contributed by atoms with Gasteiger partial charge < -0.3 is 10.2 Å². The Morgan fingerprint density at radius 1 is 1.04 bits per heavy atom. The van der Waals surface area contributed by atoms with Gasteiger partial charge in [-0.25, -0.2) is 9.97 Å². The predicted octanol–water partition coefficient (Wildman–Crippen LogP) is 3.93. The van der Waals surface area contributed by atoms with Gasteiger partial charge in [0.1, 0.15) is 0 Å². The molecular formula is C22H22N4O. The number of amides is 1. The van der Waals surface area contributed by atoms with Gasteiger partial charge in [0, 0.05) is 42.1 Å². The van der Waals surface area contributed by atoms with E-state index in [9.17, 15) is 4.79 Å². The minimum Gasteiger partial charge on any atom is -0.337 e.